The monoisotopic (exact) mass is 392 g/mol. The van der Waals surface area contributed by atoms with Gasteiger partial charge in [0.1, 0.15) is 24.5 Å². The molecule has 28 heavy (non-hydrogen) atoms. The highest BCUT2D eigenvalue weighted by atomic mass is 17.2. The molecule has 6 nitrogen and oxygen atoms in total. The summed E-state index contributed by atoms with van der Waals surface area (Å²) in [5.41, 5.74) is 0.631. The molecule has 0 aromatic heterocycles. The number of carbonyl (C=O) groups excluding carboxylic acids is 1. The number of hydrogen-bond donors (Lipinski definition) is 1. The lowest BCUT2D eigenvalue weighted by atomic mass is 9.97. The lowest BCUT2D eigenvalue weighted by Gasteiger charge is -2.14. The van der Waals surface area contributed by atoms with Gasteiger partial charge in [-0.3, -0.25) is 4.89 Å². The fourth-order valence-electron chi connectivity index (χ4n) is 3.49. The van der Waals surface area contributed by atoms with Gasteiger partial charge < -0.3 is 9.84 Å². The van der Waals surface area contributed by atoms with Crippen LogP contribution in [0.5, 0.6) is 5.75 Å². The zero-order valence-corrected chi connectivity index (χ0v) is 16.8. The van der Waals surface area contributed by atoms with Gasteiger partial charge in [0.25, 0.3) is 0 Å². The number of fused-ring (bicyclic) bond motifs is 2. The first-order valence-electron chi connectivity index (χ1n) is 10.5. The molecule has 1 aromatic rings. The van der Waals surface area contributed by atoms with Gasteiger partial charge in [0.2, 0.25) is 0 Å². The van der Waals surface area contributed by atoms with Gasteiger partial charge in [-0.25, -0.2) is 9.59 Å². The van der Waals surface area contributed by atoms with Crippen LogP contribution < -0.4 is 4.74 Å². The van der Waals surface area contributed by atoms with E-state index >= 15 is 0 Å². The fourth-order valence-corrected chi connectivity index (χ4v) is 3.49. The summed E-state index contributed by atoms with van der Waals surface area (Å²) in [5.74, 6) is -1.74. The molecule has 0 radical (unpaired) electrons. The van der Waals surface area contributed by atoms with Crippen molar-refractivity contribution in [2.24, 2.45) is 0 Å². The second-order valence-electron chi connectivity index (χ2n) is 7.25. The minimum atomic E-state index is -1.20. The van der Waals surface area contributed by atoms with Crippen LogP contribution in [0.4, 0.5) is 0 Å². The minimum absolute atomic E-state index is 0.0452. The van der Waals surface area contributed by atoms with Gasteiger partial charge in [0, 0.05) is 0 Å². The van der Waals surface area contributed by atoms with Crippen molar-refractivity contribution in [2.75, 3.05) is 13.2 Å². The molecule has 6 heteroatoms. The largest absolute Gasteiger partial charge is 0.490 e. The van der Waals surface area contributed by atoms with Gasteiger partial charge in [-0.05, 0) is 24.5 Å². The van der Waals surface area contributed by atoms with Crippen molar-refractivity contribution in [3.63, 3.8) is 0 Å². The second kappa shape index (κ2) is 12.4. The number of carbonyl (C=O) groups is 2. The van der Waals surface area contributed by atoms with Crippen LogP contribution >= 0.6 is 0 Å². The molecule has 1 aliphatic heterocycles. The average molecular weight is 392 g/mol. The third-order valence-electron chi connectivity index (χ3n) is 5.02. The number of carboxylic acid groups (broad SMARTS) is 1. The molecule has 0 saturated carbocycles. The Morgan fingerprint density at radius 2 is 1.61 bits per heavy atom. The first-order chi connectivity index (χ1) is 13.6. The number of ether oxygens (including phenoxy) is 1. The predicted molar refractivity (Wildman–Crippen MR) is 106 cm³/mol. The lowest BCUT2D eigenvalue weighted by Crippen LogP contribution is -2.13. The van der Waals surface area contributed by atoms with Crippen molar-refractivity contribution in [3.8, 4) is 5.75 Å². The summed E-state index contributed by atoms with van der Waals surface area (Å²) in [6.45, 7) is 2.42. The van der Waals surface area contributed by atoms with E-state index in [1.165, 1.54) is 57.4 Å². The van der Waals surface area contributed by atoms with Crippen molar-refractivity contribution in [1.29, 1.82) is 0 Å². The van der Waals surface area contributed by atoms with Crippen molar-refractivity contribution in [1.82, 2.24) is 0 Å². The number of aromatic carboxylic acids is 1. The first-order valence-corrected chi connectivity index (χ1v) is 10.5. The number of rotatable bonds is 12. The molecule has 1 aliphatic rings. The molecule has 0 amide bonds. The van der Waals surface area contributed by atoms with Crippen molar-refractivity contribution >= 4 is 11.9 Å². The summed E-state index contributed by atoms with van der Waals surface area (Å²) >= 11 is 0. The molecule has 0 atom stereocenters. The van der Waals surface area contributed by atoms with E-state index in [0.29, 0.717) is 0 Å². The Bertz CT molecular complexity index is 640. The highest BCUT2D eigenvalue weighted by Crippen LogP contribution is 2.30. The van der Waals surface area contributed by atoms with E-state index in [4.69, 9.17) is 9.62 Å². The molecular formula is C22H32O6. The van der Waals surface area contributed by atoms with Gasteiger partial charge in [-0.1, -0.05) is 70.8 Å². The van der Waals surface area contributed by atoms with Gasteiger partial charge in [0.15, 0.2) is 0 Å². The molecule has 156 valence electrons. The van der Waals surface area contributed by atoms with Gasteiger partial charge in [0.05, 0.1) is 5.56 Å². The Morgan fingerprint density at radius 3 is 2.25 bits per heavy atom. The van der Waals surface area contributed by atoms with Gasteiger partial charge in [-0.15, -0.1) is 0 Å². The summed E-state index contributed by atoms with van der Waals surface area (Å²) in [6.07, 6.45) is 13.1. The quantitative estimate of drug-likeness (QED) is 0.382. The van der Waals surface area contributed by atoms with Crippen molar-refractivity contribution in [3.05, 3.63) is 28.8 Å². The molecule has 1 heterocycles. The standard InChI is InChI=1S/C22H32O6/c1-2-3-4-5-6-7-8-9-10-11-12-17-13-14-18-19(21(23)24)20(17)26-15-16-27-28-22(18)25/h13-14H,2-12,15-16H2,1H3,(H,23,24). The number of benzene rings is 1. The smallest absolute Gasteiger partial charge is 0.374 e. The Hall–Kier alpha value is -2.08. The van der Waals surface area contributed by atoms with Gasteiger partial charge in [-0.2, -0.15) is 4.89 Å². The molecule has 1 N–H and O–H groups in total. The van der Waals surface area contributed by atoms with E-state index in [1.807, 2.05) is 0 Å². The van der Waals surface area contributed by atoms with Crippen LogP contribution in [0.25, 0.3) is 0 Å². The maximum absolute atomic E-state index is 12.0. The summed E-state index contributed by atoms with van der Waals surface area (Å²) in [7, 11) is 0. The maximum Gasteiger partial charge on any atom is 0.374 e. The number of unbranched alkanes of at least 4 members (excludes halogenated alkanes) is 9. The van der Waals surface area contributed by atoms with Crippen molar-refractivity contribution in [2.45, 2.75) is 77.6 Å². The zero-order chi connectivity index (χ0) is 20.2. The minimum Gasteiger partial charge on any atom is -0.490 e. The first kappa shape index (κ1) is 22.2. The van der Waals surface area contributed by atoms with Crippen LogP contribution in [0.1, 0.15) is 97.4 Å². The highest BCUT2D eigenvalue weighted by Gasteiger charge is 2.27. The Kier molecular flexibility index (Phi) is 9.83. The van der Waals surface area contributed by atoms with Crippen LogP contribution in [0.3, 0.4) is 0 Å². The Labute approximate surface area is 167 Å². The van der Waals surface area contributed by atoms with E-state index in [9.17, 15) is 14.7 Å². The Balaban J connectivity index is 1.86. The van der Waals surface area contributed by atoms with Crippen LogP contribution in [0.2, 0.25) is 0 Å². The SMILES string of the molecule is CCCCCCCCCCCCc1ccc2c(C(=O)O)c1OCCOOC2=O. The third-order valence-corrected chi connectivity index (χ3v) is 5.02. The molecule has 0 saturated heterocycles. The number of aryl methyl sites for hydroxylation is 1. The topological polar surface area (TPSA) is 82.1 Å². The van der Waals surface area contributed by atoms with Crippen molar-refractivity contribution < 1.29 is 29.2 Å². The van der Waals surface area contributed by atoms with E-state index in [1.54, 1.807) is 6.07 Å². The molecule has 2 bridgehead atoms. The van der Waals surface area contributed by atoms with E-state index in [0.717, 1.165) is 24.8 Å². The predicted octanol–water partition coefficient (Wildman–Crippen LogP) is 5.33. The molecule has 1 aromatic carbocycles. The summed E-state index contributed by atoms with van der Waals surface area (Å²) in [4.78, 5) is 33.1. The third kappa shape index (κ3) is 6.82. The van der Waals surface area contributed by atoms with Crippen LogP contribution in [0.15, 0.2) is 12.1 Å². The Morgan fingerprint density at radius 1 is 0.964 bits per heavy atom. The lowest BCUT2D eigenvalue weighted by molar-refractivity contribution is -0.243. The normalized spacial score (nSPS) is 13.8. The van der Waals surface area contributed by atoms with E-state index in [-0.39, 0.29) is 30.1 Å². The zero-order valence-electron chi connectivity index (χ0n) is 16.8. The van der Waals surface area contributed by atoms with E-state index < -0.39 is 11.9 Å². The van der Waals surface area contributed by atoms with Crippen LogP contribution in [-0.2, 0) is 16.2 Å². The molecule has 0 fully saturated rings. The molecule has 2 rings (SSSR count). The second-order valence-corrected chi connectivity index (χ2v) is 7.25. The van der Waals surface area contributed by atoms with E-state index in [2.05, 4.69) is 11.8 Å². The molecule has 0 aliphatic carbocycles. The molecular weight excluding hydrogens is 360 g/mol. The maximum atomic E-state index is 12.0. The summed E-state index contributed by atoms with van der Waals surface area (Å²) in [5, 5.41) is 9.58. The summed E-state index contributed by atoms with van der Waals surface area (Å²) in [6, 6.07) is 3.25. The highest BCUT2D eigenvalue weighted by molar-refractivity contribution is 6.04. The van der Waals surface area contributed by atoms with Crippen LogP contribution in [-0.4, -0.2) is 30.3 Å². The summed E-state index contributed by atoms with van der Waals surface area (Å²) < 4.78 is 5.64. The molecule has 0 unspecified atom stereocenters. The number of carboxylic acids is 1. The number of hydrogen-bond acceptors (Lipinski definition) is 5. The van der Waals surface area contributed by atoms with Crippen LogP contribution in [0, 0.1) is 0 Å². The molecule has 0 spiro atoms. The fraction of sp³-hybridized carbons (Fsp3) is 0.636. The average Bonchev–Trinajstić information content (AvgIpc) is 2.73. The van der Waals surface area contributed by atoms with Gasteiger partial charge >= 0.3 is 11.9 Å².